The Labute approximate surface area is 117 Å². The highest BCUT2D eigenvalue weighted by atomic mass is 16.6. The average Bonchev–Trinajstić information content (AvgIpc) is 2.11. The van der Waals surface area contributed by atoms with Gasteiger partial charge in [0.2, 0.25) is 0 Å². The Morgan fingerprint density at radius 2 is 1.89 bits per heavy atom. The molecular formula is C13H28BNO4. The molecule has 0 aliphatic rings. The van der Waals surface area contributed by atoms with Gasteiger partial charge in [-0.2, -0.15) is 0 Å². The minimum absolute atomic E-state index is 0.184. The van der Waals surface area contributed by atoms with E-state index >= 15 is 0 Å². The van der Waals surface area contributed by atoms with Crippen molar-refractivity contribution in [2.45, 2.75) is 52.0 Å². The zero-order valence-electron chi connectivity index (χ0n) is 12.8. The number of nitrogens with zero attached hydrogens (tertiary/aromatic N) is 1. The van der Waals surface area contributed by atoms with E-state index in [1.165, 1.54) is 0 Å². The van der Waals surface area contributed by atoms with E-state index in [2.05, 4.69) is 0 Å². The number of rotatable bonds is 8. The summed E-state index contributed by atoms with van der Waals surface area (Å²) < 4.78 is 5.32. The van der Waals surface area contributed by atoms with Crippen LogP contribution in [0.25, 0.3) is 0 Å². The summed E-state index contributed by atoms with van der Waals surface area (Å²) in [6.07, 6.45) is 2.20. The normalized spacial score (nSPS) is 13.5. The Hall–Kier alpha value is -0.585. The van der Waals surface area contributed by atoms with Crippen LogP contribution in [0.2, 0.25) is 6.32 Å². The number of esters is 1. The topological polar surface area (TPSA) is 70.0 Å². The molecule has 0 saturated heterocycles. The first-order valence-corrected chi connectivity index (χ1v) is 6.83. The van der Waals surface area contributed by atoms with Crippen molar-refractivity contribution in [3.05, 3.63) is 0 Å². The summed E-state index contributed by atoms with van der Waals surface area (Å²) in [6.45, 7) is 6.36. The molecule has 0 unspecified atom stereocenters. The van der Waals surface area contributed by atoms with Crippen molar-refractivity contribution < 1.29 is 19.6 Å². The third-order valence-corrected chi connectivity index (χ3v) is 2.57. The van der Waals surface area contributed by atoms with E-state index in [0.717, 1.165) is 13.0 Å². The van der Waals surface area contributed by atoms with Crippen molar-refractivity contribution in [3.63, 3.8) is 0 Å². The third-order valence-electron chi connectivity index (χ3n) is 2.57. The molecule has 0 spiro atoms. The standard InChI is InChI=1S/C13H28BNO4/c1-13(2,3)19-12(16)9-11(10-15(4)5)7-6-8-14(17)18/h11,17-18H,6-10H2,1-5H3/t11-/m0/s1. The van der Waals surface area contributed by atoms with Gasteiger partial charge in [0.05, 0.1) is 0 Å². The first-order chi connectivity index (χ1) is 8.60. The van der Waals surface area contributed by atoms with E-state index in [4.69, 9.17) is 14.8 Å². The molecule has 0 radical (unpaired) electrons. The van der Waals surface area contributed by atoms with Crippen LogP contribution in [-0.4, -0.2) is 54.3 Å². The van der Waals surface area contributed by atoms with E-state index in [1.807, 2.05) is 39.8 Å². The van der Waals surface area contributed by atoms with Gasteiger partial charge in [-0.05, 0) is 53.5 Å². The van der Waals surface area contributed by atoms with E-state index in [9.17, 15) is 4.79 Å². The molecule has 0 aliphatic heterocycles. The van der Waals surface area contributed by atoms with Crippen LogP contribution in [0.15, 0.2) is 0 Å². The van der Waals surface area contributed by atoms with E-state index < -0.39 is 12.7 Å². The van der Waals surface area contributed by atoms with Crippen LogP contribution in [0.5, 0.6) is 0 Å². The molecule has 0 aromatic heterocycles. The van der Waals surface area contributed by atoms with Crippen LogP contribution in [0.1, 0.15) is 40.0 Å². The van der Waals surface area contributed by atoms with Gasteiger partial charge in [0, 0.05) is 13.0 Å². The molecule has 0 fully saturated rings. The fraction of sp³-hybridized carbons (Fsp3) is 0.923. The predicted octanol–water partition coefficient (Wildman–Crippen LogP) is 1.15. The Balaban J connectivity index is 4.22. The van der Waals surface area contributed by atoms with E-state index in [-0.39, 0.29) is 11.9 Å². The van der Waals surface area contributed by atoms with Gasteiger partial charge in [0.1, 0.15) is 5.60 Å². The van der Waals surface area contributed by atoms with Gasteiger partial charge in [-0.3, -0.25) is 4.79 Å². The summed E-state index contributed by atoms with van der Waals surface area (Å²) in [6, 6.07) is 0. The van der Waals surface area contributed by atoms with Gasteiger partial charge >= 0.3 is 13.1 Å². The average molecular weight is 273 g/mol. The van der Waals surface area contributed by atoms with Crippen molar-refractivity contribution in [2.75, 3.05) is 20.6 Å². The Morgan fingerprint density at radius 3 is 2.32 bits per heavy atom. The molecule has 0 rings (SSSR count). The van der Waals surface area contributed by atoms with Gasteiger partial charge in [0.25, 0.3) is 0 Å². The highest BCUT2D eigenvalue weighted by molar-refractivity contribution is 6.40. The number of hydrogen-bond donors (Lipinski definition) is 2. The van der Waals surface area contributed by atoms with Gasteiger partial charge < -0.3 is 19.7 Å². The third kappa shape index (κ3) is 12.2. The Kier molecular flexibility index (Phi) is 8.30. The number of carbonyl (C=O) groups is 1. The van der Waals surface area contributed by atoms with Crippen molar-refractivity contribution in [2.24, 2.45) is 5.92 Å². The van der Waals surface area contributed by atoms with Crippen LogP contribution < -0.4 is 0 Å². The quantitative estimate of drug-likeness (QED) is 0.513. The number of ether oxygens (including phenoxy) is 1. The van der Waals surface area contributed by atoms with Crippen LogP contribution in [0.4, 0.5) is 0 Å². The van der Waals surface area contributed by atoms with Crippen molar-refractivity contribution in [1.29, 1.82) is 0 Å². The highest BCUT2D eigenvalue weighted by Crippen LogP contribution is 2.18. The second-order valence-electron chi connectivity index (χ2n) is 6.33. The minimum Gasteiger partial charge on any atom is -0.460 e. The molecule has 5 nitrogen and oxygen atoms in total. The second kappa shape index (κ2) is 8.56. The Bertz CT molecular complexity index is 264. The lowest BCUT2D eigenvalue weighted by atomic mass is 9.82. The van der Waals surface area contributed by atoms with E-state index in [1.54, 1.807) is 0 Å². The van der Waals surface area contributed by atoms with Crippen LogP contribution in [-0.2, 0) is 9.53 Å². The zero-order valence-corrected chi connectivity index (χ0v) is 12.8. The van der Waals surface area contributed by atoms with Crippen LogP contribution in [0, 0.1) is 5.92 Å². The van der Waals surface area contributed by atoms with E-state index in [0.29, 0.717) is 19.2 Å². The minimum atomic E-state index is -1.26. The smallest absolute Gasteiger partial charge is 0.451 e. The molecule has 0 saturated carbocycles. The lowest BCUT2D eigenvalue weighted by Gasteiger charge is -2.24. The van der Waals surface area contributed by atoms with Gasteiger partial charge in [-0.25, -0.2) is 0 Å². The summed E-state index contributed by atoms with van der Waals surface area (Å²) >= 11 is 0. The van der Waals surface area contributed by atoms with Crippen LogP contribution >= 0.6 is 0 Å². The molecule has 2 N–H and O–H groups in total. The maximum absolute atomic E-state index is 11.8. The summed E-state index contributed by atoms with van der Waals surface area (Å²) in [4.78, 5) is 13.8. The lowest BCUT2D eigenvalue weighted by molar-refractivity contribution is -0.156. The monoisotopic (exact) mass is 273 g/mol. The van der Waals surface area contributed by atoms with Crippen molar-refractivity contribution >= 4 is 13.1 Å². The molecule has 6 heteroatoms. The van der Waals surface area contributed by atoms with Crippen molar-refractivity contribution in [1.82, 2.24) is 4.90 Å². The second-order valence-corrected chi connectivity index (χ2v) is 6.33. The summed E-state index contributed by atoms with van der Waals surface area (Å²) in [5.74, 6) is -0.00695. The predicted molar refractivity (Wildman–Crippen MR) is 76.7 cm³/mol. The SMILES string of the molecule is CN(C)C[C@@H](CCCB(O)O)CC(=O)OC(C)(C)C. The number of hydrogen-bond acceptors (Lipinski definition) is 5. The zero-order chi connectivity index (χ0) is 15.1. The molecule has 0 aromatic rings. The summed E-state index contributed by atoms with van der Waals surface area (Å²) in [7, 11) is 2.66. The van der Waals surface area contributed by atoms with Gasteiger partial charge in [-0.15, -0.1) is 0 Å². The molecule has 0 heterocycles. The highest BCUT2D eigenvalue weighted by Gasteiger charge is 2.21. The molecule has 0 aromatic carbocycles. The summed E-state index contributed by atoms with van der Waals surface area (Å²) in [5, 5.41) is 17.7. The van der Waals surface area contributed by atoms with Gasteiger partial charge in [0.15, 0.2) is 0 Å². The fourth-order valence-electron chi connectivity index (χ4n) is 1.98. The first-order valence-electron chi connectivity index (χ1n) is 6.83. The molecule has 0 amide bonds. The molecule has 19 heavy (non-hydrogen) atoms. The van der Waals surface area contributed by atoms with Gasteiger partial charge in [-0.1, -0.05) is 6.42 Å². The molecule has 112 valence electrons. The maximum Gasteiger partial charge on any atom is 0.451 e. The number of carbonyl (C=O) groups excluding carboxylic acids is 1. The largest absolute Gasteiger partial charge is 0.460 e. The summed E-state index contributed by atoms with van der Waals surface area (Å²) in [5.41, 5.74) is -0.457. The first kappa shape index (κ1) is 18.4. The molecular weight excluding hydrogens is 245 g/mol. The maximum atomic E-state index is 11.8. The lowest BCUT2D eigenvalue weighted by Crippen LogP contribution is -2.29. The molecule has 0 bridgehead atoms. The van der Waals surface area contributed by atoms with Crippen LogP contribution in [0.3, 0.4) is 0 Å². The Morgan fingerprint density at radius 1 is 1.32 bits per heavy atom. The fourth-order valence-corrected chi connectivity index (χ4v) is 1.98. The molecule has 0 aliphatic carbocycles. The molecule has 1 atom stereocenters. The van der Waals surface area contributed by atoms with Crippen molar-refractivity contribution in [3.8, 4) is 0 Å².